The van der Waals surface area contributed by atoms with E-state index in [1.54, 1.807) is 11.0 Å². The molecule has 29 heavy (non-hydrogen) atoms. The third-order valence-corrected chi connectivity index (χ3v) is 5.65. The summed E-state index contributed by atoms with van der Waals surface area (Å²) < 4.78 is 26.1. The number of carbonyl (C=O) groups excluding carboxylic acids is 1. The van der Waals surface area contributed by atoms with Crippen molar-refractivity contribution in [3.63, 3.8) is 0 Å². The Morgan fingerprint density at radius 1 is 1.45 bits per heavy atom. The molecular formula is C20H24FN3O5. The largest absolute Gasteiger partial charge is 0.482 e. The standard InChI is InChI=1S/C20H24FN3O5/c1-19(2,3)29-18(25)23-13-4-5-20(23,11-22-9-13)12-6-16(21)15-8-14(24(26)27)10-28-17(15)7-12/h6-8,13,22H,4-5,9-11H2,1-3H3. The molecule has 8 nitrogen and oxygen atoms in total. The van der Waals surface area contributed by atoms with Gasteiger partial charge in [0, 0.05) is 25.2 Å². The van der Waals surface area contributed by atoms with Crippen LogP contribution in [0.4, 0.5) is 9.18 Å². The molecule has 2 atom stereocenters. The minimum atomic E-state index is -0.752. The third-order valence-electron chi connectivity index (χ3n) is 5.65. The van der Waals surface area contributed by atoms with Crippen molar-refractivity contribution < 1.29 is 23.6 Å². The van der Waals surface area contributed by atoms with Crippen molar-refractivity contribution in [2.75, 3.05) is 19.7 Å². The van der Waals surface area contributed by atoms with Crippen molar-refractivity contribution in [1.82, 2.24) is 10.2 Å². The highest BCUT2D eigenvalue weighted by atomic mass is 19.1. The number of hydrogen-bond acceptors (Lipinski definition) is 6. The number of nitrogens with zero attached hydrogens (tertiary/aromatic N) is 2. The van der Waals surface area contributed by atoms with Gasteiger partial charge in [-0.1, -0.05) is 0 Å². The van der Waals surface area contributed by atoms with Gasteiger partial charge in [0.15, 0.2) is 6.61 Å². The van der Waals surface area contributed by atoms with Gasteiger partial charge in [-0.3, -0.25) is 15.0 Å². The molecule has 2 bridgehead atoms. The summed E-state index contributed by atoms with van der Waals surface area (Å²) in [6.07, 6.45) is 2.23. The number of benzene rings is 1. The van der Waals surface area contributed by atoms with Gasteiger partial charge in [-0.2, -0.15) is 0 Å². The molecule has 9 heteroatoms. The van der Waals surface area contributed by atoms with Crippen LogP contribution in [0.3, 0.4) is 0 Å². The number of nitrogens with one attached hydrogen (secondary N) is 1. The van der Waals surface area contributed by atoms with Gasteiger partial charge in [-0.15, -0.1) is 0 Å². The Bertz CT molecular complexity index is 906. The van der Waals surface area contributed by atoms with Gasteiger partial charge >= 0.3 is 6.09 Å². The summed E-state index contributed by atoms with van der Waals surface area (Å²) >= 11 is 0. The van der Waals surface area contributed by atoms with Gasteiger partial charge in [0.25, 0.3) is 5.70 Å². The molecule has 2 unspecified atom stereocenters. The second kappa shape index (κ2) is 6.69. The molecule has 1 amide bonds. The van der Waals surface area contributed by atoms with Crippen molar-refractivity contribution >= 4 is 12.2 Å². The molecule has 0 saturated carbocycles. The molecule has 156 valence electrons. The van der Waals surface area contributed by atoms with Gasteiger partial charge in [-0.25, -0.2) is 9.18 Å². The monoisotopic (exact) mass is 405 g/mol. The predicted octanol–water partition coefficient (Wildman–Crippen LogP) is 3.03. The number of piperazine rings is 1. The zero-order valence-electron chi connectivity index (χ0n) is 16.7. The first kappa shape index (κ1) is 19.6. The Morgan fingerprint density at radius 3 is 2.90 bits per heavy atom. The Kier molecular flexibility index (Phi) is 4.53. The van der Waals surface area contributed by atoms with Crippen molar-refractivity contribution in [1.29, 1.82) is 0 Å². The van der Waals surface area contributed by atoms with E-state index in [2.05, 4.69) is 5.32 Å². The summed E-state index contributed by atoms with van der Waals surface area (Å²) in [6.45, 7) is 6.33. The zero-order valence-corrected chi connectivity index (χ0v) is 16.7. The molecule has 4 rings (SSSR count). The predicted molar refractivity (Wildman–Crippen MR) is 103 cm³/mol. The van der Waals surface area contributed by atoms with E-state index in [4.69, 9.17) is 9.47 Å². The van der Waals surface area contributed by atoms with Crippen LogP contribution in [-0.2, 0) is 10.3 Å². The minimum Gasteiger partial charge on any atom is -0.482 e. The molecule has 0 aromatic heterocycles. The van der Waals surface area contributed by atoms with Crippen LogP contribution in [-0.4, -0.2) is 47.3 Å². The molecule has 2 saturated heterocycles. The van der Waals surface area contributed by atoms with Crippen molar-refractivity contribution in [2.45, 2.75) is 50.8 Å². The van der Waals surface area contributed by atoms with Crippen LogP contribution < -0.4 is 10.1 Å². The summed E-state index contributed by atoms with van der Waals surface area (Å²) in [5.41, 5.74) is -0.927. The molecule has 1 aromatic carbocycles. The molecule has 0 aliphatic carbocycles. The number of amides is 1. The fourth-order valence-corrected chi connectivity index (χ4v) is 4.42. The maximum absolute atomic E-state index is 14.9. The lowest BCUT2D eigenvalue weighted by Crippen LogP contribution is -2.61. The van der Waals surface area contributed by atoms with Gasteiger partial charge in [-0.05, 0) is 51.3 Å². The summed E-state index contributed by atoms with van der Waals surface area (Å²) in [4.78, 5) is 25.2. The number of carbonyl (C=O) groups is 1. The summed E-state index contributed by atoms with van der Waals surface area (Å²) in [5, 5.41) is 14.3. The number of ether oxygens (including phenoxy) is 2. The zero-order chi connectivity index (χ0) is 21.0. The average molecular weight is 405 g/mol. The fraction of sp³-hybridized carbons (Fsp3) is 0.550. The number of halogens is 1. The Hall–Kier alpha value is -2.68. The second-order valence-electron chi connectivity index (χ2n) is 8.76. The maximum Gasteiger partial charge on any atom is 0.411 e. The number of hydrogen-bond donors (Lipinski definition) is 1. The Labute approximate surface area is 167 Å². The van der Waals surface area contributed by atoms with Crippen LogP contribution in [0, 0.1) is 15.9 Å². The number of rotatable bonds is 2. The maximum atomic E-state index is 14.9. The highest BCUT2D eigenvalue weighted by Crippen LogP contribution is 2.46. The van der Waals surface area contributed by atoms with Gasteiger partial charge < -0.3 is 14.8 Å². The van der Waals surface area contributed by atoms with E-state index in [1.807, 2.05) is 20.8 Å². The highest BCUT2D eigenvalue weighted by Gasteiger charge is 2.54. The lowest BCUT2D eigenvalue weighted by Gasteiger charge is -2.45. The van der Waals surface area contributed by atoms with E-state index in [1.165, 1.54) is 12.1 Å². The van der Waals surface area contributed by atoms with E-state index < -0.39 is 28.0 Å². The van der Waals surface area contributed by atoms with Gasteiger partial charge in [0.05, 0.1) is 16.0 Å². The molecule has 3 heterocycles. The molecular weight excluding hydrogens is 381 g/mol. The fourth-order valence-electron chi connectivity index (χ4n) is 4.42. The van der Waals surface area contributed by atoms with E-state index >= 15 is 0 Å². The van der Waals surface area contributed by atoms with Gasteiger partial charge in [0.1, 0.15) is 17.2 Å². The van der Waals surface area contributed by atoms with Crippen LogP contribution >= 0.6 is 0 Å². The first-order valence-electron chi connectivity index (χ1n) is 9.65. The molecule has 0 spiro atoms. The molecule has 1 aromatic rings. The number of fused-ring (bicyclic) bond motifs is 3. The minimum absolute atomic E-state index is 0.0420. The second-order valence-corrected chi connectivity index (χ2v) is 8.76. The van der Waals surface area contributed by atoms with Gasteiger partial charge in [0.2, 0.25) is 0 Å². The third kappa shape index (κ3) is 3.33. The Morgan fingerprint density at radius 2 is 2.21 bits per heavy atom. The van der Waals surface area contributed by atoms with Crippen molar-refractivity contribution in [3.8, 4) is 5.75 Å². The first-order chi connectivity index (χ1) is 13.6. The van der Waals surface area contributed by atoms with E-state index in [9.17, 15) is 19.3 Å². The van der Waals surface area contributed by atoms with E-state index in [0.717, 1.165) is 6.42 Å². The van der Waals surface area contributed by atoms with Crippen LogP contribution in [0.25, 0.3) is 6.08 Å². The summed E-state index contributed by atoms with van der Waals surface area (Å²) in [5.74, 6) is -0.359. The lowest BCUT2D eigenvalue weighted by atomic mass is 9.85. The summed E-state index contributed by atoms with van der Waals surface area (Å²) in [7, 11) is 0. The van der Waals surface area contributed by atoms with E-state index in [0.29, 0.717) is 25.1 Å². The quantitative estimate of drug-likeness (QED) is 0.600. The smallest absolute Gasteiger partial charge is 0.411 e. The molecule has 3 aliphatic heterocycles. The topological polar surface area (TPSA) is 93.9 Å². The molecule has 0 radical (unpaired) electrons. The normalized spacial score (nSPS) is 25.7. The molecule has 1 N–H and O–H groups in total. The van der Waals surface area contributed by atoms with E-state index in [-0.39, 0.29) is 29.7 Å². The van der Waals surface area contributed by atoms with Crippen LogP contribution in [0.15, 0.2) is 17.8 Å². The highest BCUT2D eigenvalue weighted by molar-refractivity contribution is 5.72. The lowest BCUT2D eigenvalue weighted by molar-refractivity contribution is -0.427. The first-order valence-corrected chi connectivity index (χ1v) is 9.65. The van der Waals surface area contributed by atoms with Crippen LogP contribution in [0.2, 0.25) is 0 Å². The van der Waals surface area contributed by atoms with Crippen molar-refractivity contribution in [3.05, 3.63) is 44.9 Å². The SMILES string of the molecule is CC(C)(C)OC(=O)N1C2CCC1(c1cc(F)c3c(c1)OCC([N+](=O)[O-])=C3)CNC2. The average Bonchev–Trinajstić information content (AvgIpc) is 2.87. The summed E-state index contributed by atoms with van der Waals surface area (Å²) in [6, 6.07) is 3.01. The molecule has 3 aliphatic rings. The van der Waals surface area contributed by atoms with Crippen LogP contribution in [0.5, 0.6) is 5.75 Å². The van der Waals surface area contributed by atoms with Crippen LogP contribution in [0.1, 0.15) is 44.7 Å². The number of nitro groups is 1. The Balaban J connectivity index is 1.76. The van der Waals surface area contributed by atoms with Crippen molar-refractivity contribution in [2.24, 2.45) is 0 Å². The molecule has 2 fully saturated rings.